The lowest BCUT2D eigenvalue weighted by Crippen LogP contribution is -2.23. The monoisotopic (exact) mass is 304 g/mol. The summed E-state index contributed by atoms with van der Waals surface area (Å²) in [5.41, 5.74) is 6.71. The maximum Gasteiger partial charge on any atom is 0.240 e. The van der Waals surface area contributed by atoms with Crippen LogP contribution in [0.25, 0.3) is 0 Å². The molecule has 1 aromatic heterocycles. The highest BCUT2D eigenvalue weighted by atomic mass is 32.2. The van der Waals surface area contributed by atoms with Gasteiger partial charge in [0.05, 0.1) is 17.6 Å². The van der Waals surface area contributed by atoms with Gasteiger partial charge in [0.2, 0.25) is 10.0 Å². The van der Waals surface area contributed by atoms with Crippen LogP contribution in [0, 0.1) is 11.8 Å². The first kappa shape index (κ1) is 15.3. The number of aromatic nitrogens is 2. The molecule has 7 heteroatoms. The van der Waals surface area contributed by atoms with Crippen molar-refractivity contribution in [2.24, 2.45) is 12.8 Å². The summed E-state index contributed by atoms with van der Waals surface area (Å²) in [6.45, 7) is 0.422. The standard InChI is InChI=1S/C14H16N4O2S/c1-18-11-13(9-16-18)10-17-21(19,20)14-6-2-4-12(8-14)5-3-7-15/h2,4,6,8-9,11,17H,7,10,15H2,1H3. The number of nitrogens with one attached hydrogen (secondary N) is 1. The first-order valence-electron chi connectivity index (χ1n) is 6.27. The third-order valence-electron chi connectivity index (χ3n) is 2.70. The fourth-order valence-corrected chi connectivity index (χ4v) is 2.78. The Morgan fingerprint density at radius 2 is 2.24 bits per heavy atom. The minimum Gasteiger partial charge on any atom is -0.320 e. The van der Waals surface area contributed by atoms with Crippen LogP contribution in [0.1, 0.15) is 11.1 Å². The minimum atomic E-state index is -3.58. The lowest BCUT2D eigenvalue weighted by Gasteiger charge is -2.06. The summed E-state index contributed by atoms with van der Waals surface area (Å²) < 4.78 is 28.6. The largest absolute Gasteiger partial charge is 0.320 e. The number of nitrogens with two attached hydrogens (primary N) is 1. The quantitative estimate of drug-likeness (QED) is 0.790. The summed E-state index contributed by atoms with van der Waals surface area (Å²) in [6, 6.07) is 6.44. The number of hydrogen-bond acceptors (Lipinski definition) is 4. The summed E-state index contributed by atoms with van der Waals surface area (Å²) in [5.74, 6) is 5.51. The Bertz CT molecular complexity index is 785. The molecule has 2 rings (SSSR count). The van der Waals surface area contributed by atoms with Gasteiger partial charge in [0.1, 0.15) is 0 Å². The van der Waals surface area contributed by atoms with Crippen molar-refractivity contribution < 1.29 is 8.42 Å². The number of nitrogens with zero attached hydrogens (tertiary/aromatic N) is 2. The fraction of sp³-hybridized carbons (Fsp3) is 0.214. The topological polar surface area (TPSA) is 90.0 Å². The minimum absolute atomic E-state index is 0.176. The Labute approximate surface area is 124 Å². The molecule has 2 aromatic rings. The van der Waals surface area contributed by atoms with Gasteiger partial charge in [0, 0.05) is 30.9 Å². The van der Waals surface area contributed by atoms with Crippen molar-refractivity contribution in [3.8, 4) is 11.8 Å². The van der Waals surface area contributed by atoms with Gasteiger partial charge in [-0.25, -0.2) is 13.1 Å². The average Bonchev–Trinajstić information content (AvgIpc) is 2.89. The van der Waals surface area contributed by atoms with Crippen LogP contribution >= 0.6 is 0 Å². The van der Waals surface area contributed by atoms with E-state index in [1.54, 1.807) is 36.3 Å². The van der Waals surface area contributed by atoms with Crippen molar-refractivity contribution in [3.05, 3.63) is 47.8 Å². The molecular weight excluding hydrogens is 288 g/mol. The summed E-state index contributed by atoms with van der Waals surface area (Å²) in [7, 11) is -1.81. The second kappa shape index (κ2) is 6.54. The average molecular weight is 304 g/mol. The van der Waals surface area contributed by atoms with Crippen molar-refractivity contribution in [2.45, 2.75) is 11.4 Å². The zero-order valence-corrected chi connectivity index (χ0v) is 12.4. The molecule has 0 aliphatic rings. The molecule has 0 fully saturated rings. The van der Waals surface area contributed by atoms with Crippen LogP contribution in [0.5, 0.6) is 0 Å². The molecule has 0 saturated carbocycles. The molecule has 0 bridgehead atoms. The highest BCUT2D eigenvalue weighted by molar-refractivity contribution is 7.89. The van der Waals surface area contributed by atoms with Crippen LogP contribution in [-0.2, 0) is 23.6 Å². The molecule has 0 spiro atoms. The van der Waals surface area contributed by atoms with Crippen molar-refractivity contribution in [3.63, 3.8) is 0 Å². The number of sulfonamides is 1. The summed E-state index contributed by atoms with van der Waals surface area (Å²) in [4.78, 5) is 0.176. The molecule has 0 unspecified atom stereocenters. The van der Waals surface area contributed by atoms with E-state index in [1.807, 2.05) is 0 Å². The molecule has 0 aliphatic heterocycles. The van der Waals surface area contributed by atoms with Gasteiger partial charge < -0.3 is 5.73 Å². The smallest absolute Gasteiger partial charge is 0.240 e. The lowest BCUT2D eigenvalue weighted by atomic mass is 10.2. The Kier molecular flexibility index (Phi) is 4.75. The summed E-state index contributed by atoms with van der Waals surface area (Å²) in [6.07, 6.45) is 3.37. The van der Waals surface area contributed by atoms with Gasteiger partial charge in [-0.2, -0.15) is 5.10 Å². The van der Waals surface area contributed by atoms with Crippen LogP contribution in [0.15, 0.2) is 41.6 Å². The molecule has 110 valence electrons. The van der Waals surface area contributed by atoms with Gasteiger partial charge >= 0.3 is 0 Å². The van der Waals surface area contributed by atoms with E-state index in [0.717, 1.165) is 5.56 Å². The van der Waals surface area contributed by atoms with Crippen molar-refractivity contribution >= 4 is 10.0 Å². The molecular formula is C14H16N4O2S. The third kappa shape index (κ3) is 4.16. The zero-order valence-electron chi connectivity index (χ0n) is 11.6. The van der Waals surface area contributed by atoms with Crippen LogP contribution in [0.4, 0.5) is 0 Å². The van der Waals surface area contributed by atoms with E-state index >= 15 is 0 Å². The molecule has 0 radical (unpaired) electrons. The maximum absolute atomic E-state index is 12.2. The normalized spacial score (nSPS) is 11.0. The predicted octanol–water partition coefficient (Wildman–Crippen LogP) is 0.209. The van der Waals surface area contributed by atoms with E-state index in [-0.39, 0.29) is 18.0 Å². The van der Waals surface area contributed by atoms with Crippen LogP contribution < -0.4 is 10.5 Å². The van der Waals surface area contributed by atoms with Crippen LogP contribution in [0.2, 0.25) is 0 Å². The van der Waals surface area contributed by atoms with E-state index in [9.17, 15) is 8.42 Å². The maximum atomic E-state index is 12.2. The molecule has 0 aliphatic carbocycles. The van der Waals surface area contributed by atoms with E-state index < -0.39 is 10.0 Å². The summed E-state index contributed by atoms with van der Waals surface area (Å²) in [5, 5.41) is 3.99. The van der Waals surface area contributed by atoms with Gasteiger partial charge in [-0.05, 0) is 18.2 Å². The number of benzene rings is 1. The van der Waals surface area contributed by atoms with Gasteiger partial charge in [-0.3, -0.25) is 4.68 Å². The first-order valence-corrected chi connectivity index (χ1v) is 7.76. The Hall–Kier alpha value is -2.14. The Morgan fingerprint density at radius 3 is 2.90 bits per heavy atom. The second-order valence-electron chi connectivity index (χ2n) is 4.38. The third-order valence-corrected chi connectivity index (χ3v) is 4.10. The van der Waals surface area contributed by atoms with Crippen molar-refractivity contribution in [1.82, 2.24) is 14.5 Å². The highest BCUT2D eigenvalue weighted by Gasteiger charge is 2.14. The Morgan fingerprint density at radius 1 is 1.43 bits per heavy atom. The lowest BCUT2D eigenvalue weighted by molar-refractivity contribution is 0.581. The molecule has 0 atom stereocenters. The Balaban J connectivity index is 2.15. The molecule has 6 nitrogen and oxygen atoms in total. The van der Waals surface area contributed by atoms with E-state index in [4.69, 9.17) is 5.73 Å². The SMILES string of the molecule is Cn1cc(CNS(=O)(=O)c2cccc(C#CCN)c2)cn1. The van der Waals surface area contributed by atoms with Crippen LogP contribution in [-0.4, -0.2) is 24.7 Å². The second-order valence-corrected chi connectivity index (χ2v) is 6.15. The van der Waals surface area contributed by atoms with E-state index in [2.05, 4.69) is 21.7 Å². The summed E-state index contributed by atoms with van der Waals surface area (Å²) >= 11 is 0. The fourth-order valence-electron chi connectivity index (χ4n) is 1.72. The molecule has 0 amide bonds. The molecule has 3 N–H and O–H groups in total. The highest BCUT2D eigenvalue weighted by Crippen LogP contribution is 2.11. The van der Waals surface area contributed by atoms with Crippen LogP contribution in [0.3, 0.4) is 0 Å². The zero-order chi connectivity index (χ0) is 15.3. The molecule has 1 heterocycles. The van der Waals surface area contributed by atoms with Gasteiger partial charge in [-0.1, -0.05) is 17.9 Å². The van der Waals surface area contributed by atoms with Gasteiger partial charge in [0.15, 0.2) is 0 Å². The molecule has 21 heavy (non-hydrogen) atoms. The van der Waals surface area contributed by atoms with Gasteiger partial charge in [0.25, 0.3) is 0 Å². The number of aryl methyl sites for hydroxylation is 1. The molecule has 1 aromatic carbocycles. The van der Waals surface area contributed by atoms with E-state index in [0.29, 0.717) is 5.56 Å². The van der Waals surface area contributed by atoms with Gasteiger partial charge in [-0.15, -0.1) is 0 Å². The molecule has 0 saturated heterocycles. The predicted molar refractivity (Wildman–Crippen MR) is 79.6 cm³/mol. The van der Waals surface area contributed by atoms with E-state index in [1.165, 1.54) is 12.1 Å². The number of hydrogen-bond donors (Lipinski definition) is 2. The van der Waals surface area contributed by atoms with Crippen molar-refractivity contribution in [2.75, 3.05) is 6.54 Å². The first-order chi connectivity index (χ1) is 10.0. The number of rotatable bonds is 4. The van der Waals surface area contributed by atoms with Crippen molar-refractivity contribution in [1.29, 1.82) is 0 Å².